The Morgan fingerprint density at radius 2 is 1.17 bits per heavy atom. The zero-order valence-electron chi connectivity index (χ0n) is 27.6. The van der Waals surface area contributed by atoms with Crippen LogP contribution in [0.1, 0.15) is 124 Å². The molecule has 0 saturated heterocycles. The molecule has 0 amide bonds. The van der Waals surface area contributed by atoms with Gasteiger partial charge in [0.05, 0.1) is 0 Å². The first-order valence-corrected chi connectivity index (χ1v) is 15.3. The van der Waals surface area contributed by atoms with Crippen LogP contribution in [0.25, 0.3) is 0 Å². The first kappa shape index (κ1) is 35.3. The second kappa shape index (κ2) is 14.1. The molecule has 0 heterocycles. The van der Waals surface area contributed by atoms with E-state index in [1.54, 1.807) is 12.1 Å². The fourth-order valence-corrected chi connectivity index (χ4v) is 4.95. The fraction of sp³-hybridized carbons (Fsp3) is 0.611. The average Bonchev–Trinajstić information content (AvgIpc) is 2.85. The molecule has 2 rings (SSSR count). The van der Waals surface area contributed by atoms with E-state index in [1.165, 1.54) is 0 Å². The molecule has 0 aliphatic carbocycles. The molecule has 6 heteroatoms. The summed E-state index contributed by atoms with van der Waals surface area (Å²) >= 11 is 0. The normalized spacial score (nSPS) is 12.8. The van der Waals surface area contributed by atoms with Crippen LogP contribution in [0.3, 0.4) is 0 Å². The first-order chi connectivity index (χ1) is 19.2. The van der Waals surface area contributed by atoms with E-state index in [2.05, 4.69) is 20.8 Å². The smallest absolute Gasteiger partial charge is 0.306 e. The van der Waals surface area contributed by atoms with E-state index in [9.17, 15) is 19.8 Å². The summed E-state index contributed by atoms with van der Waals surface area (Å²) < 4.78 is 11.8. The average molecular weight is 583 g/mol. The van der Waals surface area contributed by atoms with Crippen molar-refractivity contribution in [2.45, 2.75) is 136 Å². The van der Waals surface area contributed by atoms with Crippen LogP contribution in [0.5, 0.6) is 11.5 Å². The number of ether oxygens (including phenoxy) is 2. The van der Waals surface area contributed by atoms with E-state index < -0.39 is 11.2 Å². The number of ketones is 1. The van der Waals surface area contributed by atoms with Crippen LogP contribution < -0.4 is 0 Å². The summed E-state index contributed by atoms with van der Waals surface area (Å²) in [5.74, 6) is 0.362. The molecule has 6 nitrogen and oxygen atoms in total. The minimum absolute atomic E-state index is 0.0467. The molecule has 0 saturated carbocycles. The number of Topliss-reactive ketones (excluding diaryl/α,β-unsaturated/α-hetero) is 1. The van der Waals surface area contributed by atoms with Gasteiger partial charge in [0.1, 0.15) is 22.7 Å². The SMILES string of the molecule is CC(C)(CCCCOC(C)(C)C(=O)CCc1ccc(O)c(C(C)(C)C)c1)OC(=O)CCc1ccc(O)c(C(C)(C)C)c1. The van der Waals surface area contributed by atoms with Gasteiger partial charge in [0.15, 0.2) is 5.78 Å². The number of aromatic hydroxyl groups is 2. The predicted octanol–water partition coefficient (Wildman–Crippen LogP) is 8.11. The van der Waals surface area contributed by atoms with Gasteiger partial charge >= 0.3 is 5.97 Å². The van der Waals surface area contributed by atoms with E-state index in [-0.39, 0.29) is 40.5 Å². The second-order valence-corrected chi connectivity index (χ2v) is 14.7. The van der Waals surface area contributed by atoms with Crippen molar-refractivity contribution in [3.05, 3.63) is 58.7 Å². The Bertz CT molecular complexity index is 1210. The molecule has 2 aromatic carbocycles. The number of esters is 1. The summed E-state index contributed by atoms with van der Waals surface area (Å²) in [5, 5.41) is 20.4. The van der Waals surface area contributed by atoms with Gasteiger partial charge in [-0.05, 0) is 105 Å². The minimum atomic E-state index is -0.882. The van der Waals surface area contributed by atoms with Crippen molar-refractivity contribution in [1.82, 2.24) is 0 Å². The van der Waals surface area contributed by atoms with E-state index in [0.717, 1.165) is 35.1 Å². The van der Waals surface area contributed by atoms with E-state index in [0.29, 0.717) is 32.3 Å². The molecule has 0 bridgehead atoms. The van der Waals surface area contributed by atoms with Crippen molar-refractivity contribution in [1.29, 1.82) is 0 Å². The number of hydrogen-bond donors (Lipinski definition) is 2. The summed E-state index contributed by atoms with van der Waals surface area (Å²) in [6.07, 6.45) is 4.05. The van der Waals surface area contributed by atoms with E-state index >= 15 is 0 Å². The maximum Gasteiger partial charge on any atom is 0.306 e. The van der Waals surface area contributed by atoms with Crippen LogP contribution in [-0.4, -0.2) is 39.8 Å². The molecule has 42 heavy (non-hydrogen) atoms. The lowest BCUT2D eigenvalue weighted by Crippen LogP contribution is -2.35. The van der Waals surface area contributed by atoms with Crippen LogP contribution in [0.15, 0.2) is 36.4 Å². The molecule has 0 spiro atoms. The van der Waals surface area contributed by atoms with Crippen molar-refractivity contribution in [3.8, 4) is 11.5 Å². The van der Waals surface area contributed by atoms with Crippen molar-refractivity contribution in [3.63, 3.8) is 0 Å². The lowest BCUT2D eigenvalue weighted by Gasteiger charge is -2.27. The second-order valence-electron chi connectivity index (χ2n) is 14.7. The third kappa shape index (κ3) is 11.1. The van der Waals surface area contributed by atoms with Crippen molar-refractivity contribution in [2.24, 2.45) is 0 Å². The quantitative estimate of drug-likeness (QED) is 0.173. The zero-order valence-corrected chi connectivity index (χ0v) is 27.6. The molecular weight excluding hydrogens is 528 g/mol. The maximum atomic E-state index is 12.9. The number of phenols is 2. The number of aryl methyl sites for hydroxylation is 2. The number of benzene rings is 2. The molecule has 0 radical (unpaired) electrons. The third-order valence-corrected chi connectivity index (χ3v) is 7.69. The Hall–Kier alpha value is -2.86. The highest BCUT2D eigenvalue weighted by Crippen LogP contribution is 2.33. The van der Waals surface area contributed by atoms with Crippen LogP contribution in [0.2, 0.25) is 0 Å². The molecule has 0 aliphatic rings. The lowest BCUT2D eigenvalue weighted by molar-refractivity contribution is -0.157. The number of rotatable bonds is 14. The Morgan fingerprint density at radius 1 is 0.690 bits per heavy atom. The Balaban J connectivity index is 1.74. The number of carbonyl (C=O) groups is 2. The van der Waals surface area contributed by atoms with Gasteiger partial charge in [-0.1, -0.05) is 65.8 Å². The minimum Gasteiger partial charge on any atom is -0.508 e. The van der Waals surface area contributed by atoms with Gasteiger partial charge in [-0.3, -0.25) is 9.59 Å². The third-order valence-electron chi connectivity index (χ3n) is 7.69. The molecule has 0 unspecified atom stereocenters. The highest BCUT2D eigenvalue weighted by atomic mass is 16.6. The molecule has 2 aromatic rings. The van der Waals surface area contributed by atoms with Gasteiger partial charge in [-0.2, -0.15) is 0 Å². The Kier molecular flexibility index (Phi) is 11.8. The monoisotopic (exact) mass is 582 g/mol. The fourth-order valence-electron chi connectivity index (χ4n) is 4.95. The number of phenolic OH excluding ortho intramolecular Hbond substituents is 2. The number of hydrogen-bond acceptors (Lipinski definition) is 6. The number of carbonyl (C=O) groups excluding carboxylic acids is 2. The standard InChI is InChI=1S/C36H54O6/c1-33(2,3)27-23-25(13-17-29(27)37)15-19-31(39)36(9,10)41-22-12-11-21-35(7,8)42-32(40)20-16-26-14-18-30(38)28(24-26)34(4,5)6/h13-14,17-18,23-24,37-38H,11-12,15-16,19-22H2,1-10H3. The predicted molar refractivity (Wildman–Crippen MR) is 169 cm³/mol. The molecule has 0 aromatic heterocycles. The highest BCUT2D eigenvalue weighted by Gasteiger charge is 2.28. The van der Waals surface area contributed by atoms with Gasteiger partial charge < -0.3 is 19.7 Å². The highest BCUT2D eigenvalue weighted by molar-refractivity contribution is 5.86. The number of unbranched alkanes of at least 4 members (excludes halogenated alkanes) is 1. The summed E-state index contributed by atoms with van der Waals surface area (Å²) in [7, 11) is 0. The molecular formula is C36H54O6. The first-order valence-electron chi connectivity index (χ1n) is 15.3. The van der Waals surface area contributed by atoms with Gasteiger partial charge in [-0.15, -0.1) is 0 Å². The molecule has 0 atom stereocenters. The Morgan fingerprint density at radius 3 is 1.64 bits per heavy atom. The lowest BCUT2D eigenvalue weighted by atomic mass is 9.84. The Labute approximate surface area is 253 Å². The molecule has 2 N–H and O–H groups in total. The summed E-state index contributed by atoms with van der Waals surface area (Å²) in [4.78, 5) is 25.5. The van der Waals surface area contributed by atoms with Crippen molar-refractivity contribution < 1.29 is 29.3 Å². The molecule has 0 aliphatic heterocycles. The van der Waals surface area contributed by atoms with Crippen LogP contribution in [-0.2, 0) is 42.7 Å². The van der Waals surface area contributed by atoms with E-state index in [1.807, 2.05) is 72.7 Å². The summed E-state index contributed by atoms with van der Waals surface area (Å²) in [6, 6.07) is 11.1. The zero-order chi connectivity index (χ0) is 31.9. The van der Waals surface area contributed by atoms with Crippen LogP contribution in [0, 0.1) is 0 Å². The van der Waals surface area contributed by atoms with E-state index in [4.69, 9.17) is 9.47 Å². The van der Waals surface area contributed by atoms with Crippen molar-refractivity contribution in [2.75, 3.05) is 6.61 Å². The summed E-state index contributed by atoms with van der Waals surface area (Å²) in [6.45, 7) is 20.2. The largest absolute Gasteiger partial charge is 0.508 e. The van der Waals surface area contributed by atoms with Gasteiger partial charge in [-0.25, -0.2) is 0 Å². The van der Waals surface area contributed by atoms with Gasteiger partial charge in [0, 0.05) is 19.4 Å². The molecule has 234 valence electrons. The van der Waals surface area contributed by atoms with Gasteiger partial charge in [0.2, 0.25) is 0 Å². The molecule has 0 fully saturated rings. The van der Waals surface area contributed by atoms with Crippen LogP contribution >= 0.6 is 0 Å². The summed E-state index contributed by atoms with van der Waals surface area (Å²) in [5.41, 5.74) is 1.94. The van der Waals surface area contributed by atoms with Crippen molar-refractivity contribution >= 4 is 11.8 Å². The topological polar surface area (TPSA) is 93.1 Å². The van der Waals surface area contributed by atoms with Crippen LogP contribution in [0.4, 0.5) is 0 Å². The maximum absolute atomic E-state index is 12.9. The van der Waals surface area contributed by atoms with Gasteiger partial charge in [0.25, 0.3) is 0 Å².